The maximum absolute atomic E-state index is 13.6. The van der Waals surface area contributed by atoms with E-state index in [1.165, 1.54) is 11.3 Å². The Hall–Kier alpha value is -2.34. The lowest BCUT2D eigenvalue weighted by molar-refractivity contribution is 0.0982. The Morgan fingerprint density at radius 1 is 1.10 bits per heavy atom. The van der Waals surface area contributed by atoms with Gasteiger partial charge in [0.2, 0.25) is 0 Å². The molecule has 0 N–H and O–H groups in total. The Morgan fingerprint density at radius 3 is 2.59 bits per heavy atom. The van der Waals surface area contributed by atoms with Crippen molar-refractivity contribution < 1.29 is 4.79 Å². The van der Waals surface area contributed by atoms with Gasteiger partial charge in [-0.25, -0.2) is 4.98 Å². The summed E-state index contributed by atoms with van der Waals surface area (Å²) in [4.78, 5) is 21.1. The number of nitrogens with zero attached hydrogens (tertiary/aromatic N) is 2. The number of hydrogen-bond acceptors (Lipinski definition) is 4. The standard InChI is InChI=1S/C23H19ClN2OS2/c1-15-12-17(24)13-20-21(15)25-23(29-20)26(14-16-8-4-3-5-9-16)22(27)18-10-6-7-11-19(18)28-2/h3-13H,14H2,1-2H3. The first-order valence-electron chi connectivity index (χ1n) is 9.12. The van der Waals surface area contributed by atoms with Gasteiger partial charge in [0, 0.05) is 9.92 Å². The monoisotopic (exact) mass is 438 g/mol. The summed E-state index contributed by atoms with van der Waals surface area (Å²) in [6.45, 7) is 2.44. The number of rotatable bonds is 5. The molecule has 4 aromatic rings. The molecule has 1 heterocycles. The van der Waals surface area contributed by atoms with Crippen LogP contribution in [0.25, 0.3) is 10.2 Å². The number of fused-ring (bicyclic) bond motifs is 1. The molecule has 0 radical (unpaired) electrons. The predicted molar refractivity (Wildman–Crippen MR) is 125 cm³/mol. The van der Waals surface area contributed by atoms with E-state index in [0.29, 0.717) is 22.3 Å². The summed E-state index contributed by atoms with van der Waals surface area (Å²) in [5.74, 6) is -0.0541. The molecule has 4 rings (SSSR count). The van der Waals surface area contributed by atoms with Crippen LogP contribution in [0.3, 0.4) is 0 Å². The minimum Gasteiger partial charge on any atom is -0.279 e. The molecule has 0 spiro atoms. The minimum absolute atomic E-state index is 0.0541. The lowest BCUT2D eigenvalue weighted by atomic mass is 10.1. The summed E-state index contributed by atoms with van der Waals surface area (Å²) >= 11 is 9.30. The highest BCUT2D eigenvalue weighted by Crippen LogP contribution is 2.35. The van der Waals surface area contributed by atoms with E-state index in [1.807, 2.05) is 79.9 Å². The van der Waals surface area contributed by atoms with Gasteiger partial charge < -0.3 is 0 Å². The maximum atomic E-state index is 13.6. The molecular weight excluding hydrogens is 420 g/mol. The number of amides is 1. The Balaban J connectivity index is 1.82. The first kappa shape index (κ1) is 20.0. The largest absolute Gasteiger partial charge is 0.279 e. The summed E-state index contributed by atoms with van der Waals surface area (Å²) in [5.41, 5.74) is 3.63. The highest BCUT2D eigenvalue weighted by Gasteiger charge is 2.24. The minimum atomic E-state index is -0.0541. The zero-order chi connectivity index (χ0) is 20.4. The molecule has 0 unspecified atom stereocenters. The molecule has 0 fully saturated rings. The molecule has 3 nitrogen and oxygen atoms in total. The number of anilines is 1. The summed E-state index contributed by atoms with van der Waals surface area (Å²) in [6, 6.07) is 21.5. The normalized spacial score (nSPS) is 11.0. The van der Waals surface area contributed by atoms with E-state index in [-0.39, 0.29) is 5.91 Å². The van der Waals surface area contributed by atoms with Crippen LogP contribution in [-0.2, 0) is 6.54 Å². The fourth-order valence-electron chi connectivity index (χ4n) is 3.22. The molecule has 6 heteroatoms. The molecular formula is C23H19ClN2OS2. The molecule has 3 aromatic carbocycles. The lowest BCUT2D eigenvalue weighted by Gasteiger charge is -2.21. The highest BCUT2D eigenvalue weighted by molar-refractivity contribution is 7.98. The van der Waals surface area contributed by atoms with Crippen LogP contribution in [0.15, 0.2) is 71.6 Å². The van der Waals surface area contributed by atoms with Crippen LogP contribution < -0.4 is 4.90 Å². The number of thioether (sulfide) groups is 1. The van der Waals surface area contributed by atoms with Crippen molar-refractivity contribution in [1.29, 1.82) is 0 Å². The molecule has 0 aliphatic heterocycles. The Bertz CT molecular complexity index is 1170. The van der Waals surface area contributed by atoms with Crippen molar-refractivity contribution in [1.82, 2.24) is 4.98 Å². The van der Waals surface area contributed by atoms with Crippen molar-refractivity contribution in [2.45, 2.75) is 18.4 Å². The van der Waals surface area contributed by atoms with Gasteiger partial charge in [-0.15, -0.1) is 11.8 Å². The van der Waals surface area contributed by atoms with Crippen LogP contribution in [-0.4, -0.2) is 17.1 Å². The fourth-order valence-corrected chi connectivity index (χ4v) is 5.22. The van der Waals surface area contributed by atoms with Crippen LogP contribution in [0.5, 0.6) is 0 Å². The number of halogens is 1. The first-order valence-corrected chi connectivity index (χ1v) is 11.5. The number of aromatic nitrogens is 1. The molecule has 0 bridgehead atoms. The van der Waals surface area contributed by atoms with Crippen molar-refractivity contribution in [3.63, 3.8) is 0 Å². The molecule has 0 atom stereocenters. The van der Waals surface area contributed by atoms with Crippen LogP contribution >= 0.6 is 34.7 Å². The smallest absolute Gasteiger partial charge is 0.261 e. The zero-order valence-electron chi connectivity index (χ0n) is 16.1. The first-order chi connectivity index (χ1) is 14.1. The number of thiazole rings is 1. The average molecular weight is 439 g/mol. The SMILES string of the molecule is CSc1ccccc1C(=O)N(Cc1ccccc1)c1nc2c(C)cc(Cl)cc2s1. The van der Waals surface area contributed by atoms with E-state index in [9.17, 15) is 4.79 Å². The summed E-state index contributed by atoms with van der Waals surface area (Å²) in [6.07, 6.45) is 1.98. The van der Waals surface area contributed by atoms with Gasteiger partial charge in [0.25, 0.3) is 5.91 Å². The second-order valence-corrected chi connectivity index (χ2v) is 8.94. The van der Waals surface area contributed by atoms with Crippen LogP contribution in [0.4, 0.5) is 5.13 Å². The molecule has 0 saturated carbocycles. The molecule has 0 saturated heterocycles. The van der Waals surface area contributed by atoms with Gasteiger partial charge >= 0.3 is 0 Å². The number of aryl methyl sites for hydroxylation is 1. The highest BCUT2D eigenvalue weighted by atomic mass is 35.5. The number of benzene rings is 3. The van der Waals surface area contributed by atoms with Gasteiger partial charge in [-0.3, -0.25) is 9.69 Å². The van der Waals surface area contributed by atoms with Crippen LogP contribution in [0.1, 0.15) is 21.5 Å². The Kier molecular flexibility index (Phi) is 5.90. The topological polar surface area (TPSA) is 33.2 Å². The van der Waals surface area contributed by atoms with E-state index in [1.54, 1.807) is 16.7 Å². The number of carbonyl (C=O) groups excluding carboxylic acids is 1. The van der Waals surface area contributed by atoms with Gasteiger partial charge in [-0.1, -0.05) is 65.4 Å². The van der Waals surface area contributed by atoms with Gasteiger partial charge in [-0.2, -0.15) is 0 Å². The summed E-state index contributed by atoms with van der Waals surface area (Å²) in [5, 5.41) is 1.36. The lowest BCUT2D eigenvalue weighted by Crippen LogP contribution is -2.30. The van der Waals surface area contributed by atoms with Crippen molar-refractivity contribution in [2.24, 2.45) is 0 Å². The number of hydrogen-bond donors (Lipinski definition) is 0. The van der Waals surface area contributed by atoms with E-state index in [4.69, 9.17) is 16.6 Å². The Morgan fingerprint density at radius 2 is 1.83 bits per heavy atom. The van der Waals surface area contributed by atoms with Crippen molar-refractivity contribution in [2.75, 3.05) is 11.2 Å². The van der Waals surface area contributed by atoms with E-state index in [2.05, 4.69) is 0 Å². The molecule has 29 heavy (non-hydrogen) atoms. The van der Waals surface area contributed by atoms with Crippen molar-refractivity contribution in [3.05, 3.63) is 88.4 Å². The third-order valence-corrected chi connectivity index (χ3v) is 6.68. The van der Waals surface area contributed by atoms with Gasteiger partial charge in [0.15, 0.2) is 5.13 Å². The summed E-state index contributed by atoms with van der Waals surface area (Å²) < 4.78 is 0.981. The zero-order valence-corrected chi connectivity index (χ0v) is 18.4. The van der Waals surface area contributed by atoms with E-state index < -0.39 is 0 Å². The van der Waals surface area contributed by atoms with Crippen LogP contribution in [0.2, 0.25) is 5.02 Å². The maximum Gasteiger partial charge on any atom is 0.261 e. The second kappa shape index (κ2) is 8.57. The van der Waals surface area contributed by atoms with Gasteiger partial charge in [0.1, 0.15) is 0 Å². The molecule has 0 aliphatic rings. The van der Waals surface area contributed by atoms with Gasteiger partial charge in [0.05, 0.1) is 22.3 Å². The average Bonchev–Trinajstić information content (AvgIpc) is 3.16. The van der Waals surface area contributed by atoms with Crippen molar-refractivity contribution in [3.8, 4) is 0 Å². The van der Waals surface area contributed by atoms with E-state index in [0.717, 1.165) is 26.2 Å². The molecule has 146 valence electrons. The van der Waals surface area contributed by atoms with Crippen LogP contribution in [0, 0.1) is 6.92 Å². The van der Waals surface area contributed by atoms with Crippen molar-refractivity contribution >= 4 is 56.0 Å². The van der Waals surface area contributed by atoms with E-state index >= 15 is 0 Å². The quantitative estimate of drug-likeness (QED) is 0.320. The molecule has 0 aliphatic carbocycles. The Labute approximate surface area is 183 Å². The molecule has 1 aromatic heterocycles. The predicted octanol–water partition coefficient (Wildman–Crippen LogP) is 6.83. The third kappa shape index (κ3) is 4.17. The summed E-state index contributed by atoms with van der Waals surface area (Å²) in [7, 11) is 0. The molecule has 1 amide bonds. The second-order valence-electron chi connectivity index (χ2n) is 6.64. The fraction of sp³-hybridized carbons (Fsp3) is 0.130. The number of carbonyl (C=O) groups is 1. The third-order valence-electron chi connectivity index (χ3n) is 4.64. The van der Waals surface area contributed by atoms with Gasteiger partial charge in [-0.05, 0) is 48.6 Å².